The molecule has 24 heavy (non-hydrogen) atoms. The van der Waals surface area contributed by atoms with Crippen LogP contribution in [0.1, 0.15) is 20.3 Å². The number of esters is 1. The summed E-state index contributed by atoms with van der Waals surface area (Å²) >= 11 is 0. The van der Waals surface area contributed by atoms with Crippen LogP contribution in [0.25, 0.3) is 11.1 Å². The van der Waals surface area contributed by atoms with Crippen LogP contribution in [0.3, 0.4) is 0 Å². The molecule has 124 valence electrons. The van der Waals surface area contributed by atoms with Gasteiger partial charge in [0, 0.05) is 11.3 Å². The number of amides is 1. The minimum atomic E-state index is -0.811. The Morgan fingerprint density at radius 1 is 1.08 bits per heavy atom. The van der Waals surface area contributed by atoms with Crippen molar-refractivity contribution in [1.29, 1.82) is 0 Å². The quantitative estimate of drug-likeness (QED) is 0.850. The van der Waals surface area contributed by atoms with Gasteiger partial charge in [-0.1, -0.05) is 55.5 Å². The van der Waals surface area contributed by atoms with Crippen LogP contribution in [0.15, 0.2) is 54.6 Å². The van der Waals surface area contributed by atoms with Gasteiger partial charge in [-0.25, -0.2) is 0 Å². The van der Waals surface area contributed by atoms with Gasteiger partial charge in [0.15, 0.2) is 6.10 Å². The van der Waals surface area contributed by atoms with E-state index in [-0.39, 0.29) is 17.8 Å². The second kappa shape index (κ2) is 6.87. The SMILES string of the molecule is C[C@H](OC(=O)[C@H]1C[C@@H]1C)C(=O)Nc1ccccc1-c1ccccc1. The Morgan fingerprint density at radius 3 is 2.38 bits per heavy atom. The van der Waals surface area contributed by atoms with E-state index < -0.39 is 6.10 Å². The molecule has 0 radical (unpaired) electrons. The summed E-state index contributed by atoms with van der Waals surface area (Å²) in [6, 6.07) is 17.4. The Hall–Kier alpha value is -2.62. The van der Waals surface area contributed by atoms with Crippen LogP contribution in [0, 0.1) is 11.8 Å². The third kappa shape index (κ3) is 3.65. The van der Waals surface area contributed by atoms with E-state index in [1.807, 2.05) is 61.5 Å². The van der Waals surface area contributed by atoms with Crippen LogP contribution in [0.5, 0.6) is 0 Å². The van der Waals surface area contributed by atoms with Crippen LogP contribution < -0.4 is 5.32 Å². The van der Waals surface area contributed by atoms with Crippen LogP contribution in [-0.2, 0) is 14.3 Å². The summed E-state index contributed by atoms with van der Waals surface area (Å²) < 4.78 is 5.27. The molecule has 2 aromatic rings. The molecule has 0 aromatic heterocycles. The minimum Gasteiger partial charge on any atom is -0.452 e. The fourth-order valence-electron chi connectivity index (χ4n) is 2.66. The van der Waals surface area contributed by atoms with Gasteiger partial charge in [0.2, 0.25) is 0 Å². The molecule has 4 heteroatoms. The molecule has 2 aromatic carbocycles. The Bertz CT molecular complexity index is 742. The van der Waals surface area contributed by atoms with E-state index in [1.54, 1.807) is 6.92 Å². The summed E-state index contributed by atoms with van der Waals surface area (Å²) in [6.07, 6.45) is 0.0402. The zero-order valence-electron chi connectivity index (χ0n) is 13.9. The van der Waals surface area contributed by atoms with E-state index in [9.17, 15) is 9.59 Å². The number of hydrogen-bond acceptors (Lipinski definition) is 3. The molecule has 1 saturated carbocycles. The maximum atomic E-state index is 12.4. The van der Waals surface area contributed by atoms with Gasteiger partial charge >= 0.3 is 5.97 Å². The number of nitrogens with one attached hydrogen (secondary N) is 1. The first-order valence-corrected chi connectivity index (χ1v) is 8.22. The van der Waals surface area contributed by atoms with Gasteiger partial charge in [0.25, 0.3) is 5.91 Å². The Balaban J connectivity index is 1.69. The molecule has 1 aliphatic carbocycles. The minimum absolute atomic E-state index is 0.0446. The summed E-state index contributed by atoms with van der Waals surface area (Å²) in [5, 5.41) is 2.87. The van der Waals surface area contributed by atoms with Gasteiger partial charge in [0.1, 0.15) is 0 Å². The second-order valence-electron chi connectivity index (χ2n) is 6.30. The van der Waals surface area contributed by atoms with Crippen molar-refractivity contribution < 1.29 is 14.3 Å². The average molecular weight is 323 g/mol. The molecule has 0 saturated heterocycles. The third-order valence-electron chi connectivity index (χ3n) is 4.34. The average Bonchev–Trinajstić information content (AvgIpc) is 3.33. The van der Waals surface area contributed by atoms with E-state index in [0.29, 0.717) is 11.6 Å². The predicted molar refractivity (Wildman–Crippen MR) is 93.3 cm³/mol. The zero-order valence-corrected chi connectivity index (χ0v) is 13.9. The Kier molecular flexibility index (Phi) is 4.65. The van der Waals surface area contributed by atoms with Crippen molar-refractivity contribution in [3.8, 4) is 11.1 Å². The Morgan fingerprint density at radius 2 is 1.71 bits per heavy atom. The standard InChI is InChI=1S/C20H21NO3/c1-13-12-17(13)20(23)24-14(2)19(22)21-18-11-7-6-10-16(18)15-8-4-3-5-9-15/h3-11,13-14,17H,12H2,1-2H3,(H,21,22)/t13-,14-,17-/m0/s1. The van der Waals surface area contributed by atoms with E-state index in [2.05, 4.69) is 5.32 Å². The van der Waals surface area contributed by atoms with Gasteiger partial charge in [-0.05, 0) is 30.9 Å². The summed E-state index contributed by atoms with van der Waals surface area (Å²) in [5.74, 6) is -0.273. The van der Waals surface area contributed by atoms with Crippen molar-refractivity contribution in [3.05, 3.63) is 54.6 Å². The number of carbonyl (C=O) groups excluding carboxylic acids is 2. The summed E-state index contributed by atoms with van der Waals surface area (Å²) in [5.41, 5.74) is 2.65. The first-order chi connectivity index (χ1) is 11.6. The molecule has 1 N–H and O–H groups in total. The van der Waals surface area contributed by atoms with Crippen LogP contribution in [-0.4, -0.2) is 18.0 Å². The predicted octanol–water partition coefficient (Wildman–Crippen LogP) is 3.88. The highest BCUT2D eigenvalue weighted by Gasteiger charge is 2.41. The van der Waals surface area contributed by atoms with Crippen LogP contribution in [0.4, 0.5) is 5.69 Å². The zero-order chi connectivity index (χ0) is 17.1. The number of anilines is 1. The lowest BCUT2D eigenvalue weighted by Crippen LogP contribution is -2.30. The summed E-state index contributed by atoms with van der Waals surface area (Å²) in [7, 11) is 0. The summed E-state index contributed by atoms with van der Waals surface area (Å²) in [6.45, 7) is 3.61. The molecular formula is C20H21NO3. The van der Waals surface area contributed by atoms with Gasteiger partial charge < -0.3 is 10.1 Å². The van der Waals surface area contributed by atoms with Crippen molar-refractivity contribution in [3.63, 3.8) is 0 Å². The van der Waals surface area contributed by atoms with Gasteiger partial charge in [-0.3, -0.25) is 9.59 Å². The third-order valence-corrected chi connectivity index (χ3v) is 4.34. The van der Waals surface area contributed by atoms with Crippen molar-refractivity contribution in [1.82, 2.24) is 0 Å². The lowest BCUT2D eigenvalue weighted by Gasteiger charge is -2.16. The fraction of sp³-hybridized carbons (Fsp3) is 0.300. The van der Waals surface area contributed by atoms with E-state index in [4.69, 9.17) is 4.74 Å². The van der Waals surface area contributed by atoms with Gasteiger partial charge in [-0.2, -0.15) is 0 Å². The molecule has 3 rings (SSSR count). The maximum absolute atomic E-state index is 12.4. The van der Waals surface area contributed by atoms with Crippen molar-refractivity contribution in [2.24, 2.45) is 11.8 Å². The lowest BCUT2D eigenvalue weighted by atomic mass is 10.0. The normalized spacial score (nSPS) is 20.1. The molecule has 1 fully saturated rings. The first-order valence-electron chi connectivity index (χ1n) is 8.22. The molecule has 4 nitrogen and oxygen atoms in total. The number of ether oxygens (including phenoxy) is 1. The number of hydrogen-bond donors (Lipinski definition) is 1. The number of carbonyl (C=O) groups is 2. The van der Waals surface area contributed by atoms with Gasteiger partial charge in [0.05, 0.1) is 5.92 Å². The molecular weight excluding hydrogens is 302 g/mol. The Labute approximate surface area is 141 Å². The van der Waals surface area contributed by atoms with E-state index in [0.717, 1.165) is 17.5 Å². The van der Waals surface area contributed by atoms with Crippen molar-refractivity contribution in [2.45, 2.75) is 26.4 Å². The topological polar surface area (TPSA) is 55.4 Å². The number of benzene rings is 2. The van der Waals surface area contributed by atoms with E-state index in [1.165, 1.54) is 0 Å². The first kappa shape index (κ1) is 16.2. The molecule has 3 atom stereocenters. The molecule has 1 amide bonds. The molecule has 0 heterocycles. The monoisotopic (exact) mass is 323 g/mol. The van der Waals surface area contributed by atoms with Crippen molar-refractivity contribution >= 4 is 17.6 Å². The summed E-state index contributed by atoms with van der Waals surface area (Å²) in [4.78, 5) is 24.2. The number of rotatable bonds is 5. The largest absolute Gasteiger partial charge is 0.452 e. The van der Waals surface area contributed by atoms with E-state index >= 15 is 0 Å². The molecule has 0 aliphatic heterocycles. The lowest BCUT2D eigenvalue weighted by molar-refractivity contribution is -0.154. The van der Waals surface area contributed by atoms with Crippen molar-refractivity contribution in [2.75, 3.05) is 5.32 Å². The molecule has 1 aliphatic rings. The van der Waals surface area contributed by atoms with Crippen LogP contribution in [0.2, 0.25) is 0 Å². The van der Waals surface area contributed by atoms with Crippen LogP contribution >= 0.6 is 0 Å². The molecule has 0 bridgehead atoms. The second-order valence-corrected chi connectivity index (χ2v) is 6.30. The fourth-order valence-corrected chi connectivity index (χ4v) is 2.66. The maximum Gasteiger partial charge on any atom is 0.309 e. The highest BCUT2D eigenvalue weighted by molar-refractivity contribution is 5.98. The highest BCUT2D eigenvalue weighted by Crippen LogP contribution is 2.38. The smallest absolute Gasteiger partial charge is 0.309 e. The highest BCUT2D eigenvalue weighted by atomic mass is 16.5. The van der Waals surface area contributed by atoms with Gasteiger partial charge in [-0.15, -0.1) is 0 Å². The molecule has 0 unspecified atom stereocenters. The number of para-hydroxylation sites is 1. The molecule has 0 spiro atoms.